The average Bonchev–Trinajstić information content (AvgIpc) is 3.04. The van der Waals surface area contributed by atoms with Gasteiger partial charge in [0, 0.05) is 18.7 Å². The monoisotopic (exact) mass is 337 g/mol. The van der Waals surface area contributed by atoms with Crippen LogP contribution in [0.4, 0.5) is 0 Å². The number of methoxy groups -OCH3 is 1. The molecule has 1 unspecified atom stereocenters. The third-order valence-electron chi connectivity index (χ3n) is 4.78. The minimum absolute atomic E-state index is 0.251. The van der Waals surface area contributed by atoms with Crippen LogP contribution in [0.5, 0.6) is 5.75 Å². The molecule has 0 saturated carbocycles. The maximum absolute atomic E-state index is 5.86. The van der Waals surface area contributed by atoms with E-state index in [0.717, 1.165) is 17.9 Å². The summed E-state index contributed by atoms with van der Waals surface area (Å²) >= 11 is 0. The van der Waals surface area contributed by atoms with Gasteiger partial charge in [0.05, 0.1) is 0 Å². The Hall–Kier alpha value is -2.10. The Kier molecular flexibility index (Phi) is 5.90. The molecule has 0 aromatic heterocycles. The number of rotatable bonds is 6. The molecule has 25 heavy (non-hydrogen) atoms. The Balaban J connectivity index is 2.08. The number of aryl methyl sites for hydroxylation is 1. The van der Waals surface area contributed by atoms with Crippen molar-refractivity contribution in [3.8, 4) is 5.75 Å². The van der Waals surface area contributed by atoms with Crippen molar-refractivity contribution >= 4 is 5.57 Å². The Bertz CT molecular complexity index is 724. The van der Waals surface area contributed by atoms with Gasteiger partial charge >= 0.3 is 0 Å². The molecule has 0 N–H and O–H groups in total. The molecule has 3 rings (SSSR count). The van der Waals surface area contributed by atoms with Crippen LogP contribution in [-0.2, 0) is 4.74 Å². The molecule has 3 nitrogen and oxygen atoms in total. The molecule has 1 atom stereocenters. The van der Waals surface area contributed by atoms with Gasteiger partial charge in [-0.15, -0.1) is 0 Å². The maximum atomic E-state index is 5.86. The molecule has 1 saturated heterocycles. The van der Waals surface area contributed by atoms with Gasteiger partial charge in [-0.3, -0.25) is 4.90 Å². The van der Waals surface area contributed by atoms with E-state index in [1.54, 1.807) is 7.11 Å². The predicted molar refractivity (Wildman–Crippen MR) is 103 cm³/mol. The SMILES string of the molecule is COCOc1ccc(C)cc1C(=CC1CCCN1C)c1ccccc1. The molecule has 1 aliphatic rings. The van der Waals surface area contributed by atoms with Gasteiger partial charge in [-0.25, -0.2) is 0 Å². The number of likely N-dealkylation sites (tertiary alicyclic amines) is 1. The fraction of sp³-hybridized carbons (Fsp3) is 0.364. The smallest absolute Gasteiger partial charge is 0.188 e. The van der Waals surface area contributed by atoms with Crippen LogP contribution >= 0.6 is 0 Å². The second-order valence-corrected chi connectivity index (χ2v) is 6.69. The molecule has 132 valence electrons. The lowest BCUT2D eigenvalue weighted by atomic mass is 9.93. The highest BCUT2D eigenvalue weighted by Gasteiger charge is 2.21. The summed E-state index contributed by atoms with van der Waals surface area (Å²) in [7, 11) is 3.85. The molecule has 0 bridgehead atoms. The van der Waals surface area contributed by atoms with Gasteiger partial charge in [0.25, 0.3) is 0 Å². The van der Waals surface area contributed by atoms with Crippen molar-refractivity contribution < 1.29 is 9.47 Å². The number of hydrogen-bond donors (Lipinski definition) is 0. The lowest BCUT2D eigenvalue weighted by molar-refractivity contribution is 0.0509. The molecule has 1 fully saturated rings. The van der Waals surface area contributed by atoms with Crippen LogP contribution in [0.15, 0.2) is 54.6 Å². The standard InChI is InChI=1S/C22H27NO2/c1-17-11-12-22(25-16-24-3)21(14-17)20(18-8-5-4-6-9-18)15-19-10-7-13-23(19)2/h4-6,8-9,11-12,14-15,19H,7,10,13,16H2,1-3H3. The van der Waals surface area contributed by atoms with E-state index >= 15 is 0 Å². The second-order valence-electron chi connectivity index (χ2n) is 6.69. The largest absolute Gasteiger partial charge is 0.467 e. The van der Waals surface area contributed by atoms with Crippen molar-refractivity contribution in [2.24, 2.45) is 0 Å². The van der Waals surface area contributed by atoms with Gasteiger partial charge < -0.3 is 9.47 Å². The van der Waals surface area contributed by atoms with Crippen molar-refractivity contribution in [1.82, 2.24) is 4.90 Å². The highest BCUT2D eigenvalue weighted by molar-refractivity contribution is 5.83. The van der Waals surface area contributed by atoms with Crippen molar-refractivity contribution in [1.29, 1.82) is 0 Å². The molecular formula is C22H27NO2. The Morgan fingerprint density at radius 2 is 2.00 bits per heavy atom. The minimum atomic E-state index is 0.251. The Morgan fingerprint density at radius 3 is 2.68 bits per heavy atom. The van der Waals surface area contributed by atoms with Crippen molar-refractivity contribution in [2.75, 3.05) is 27.5 Å². The van der Waals surface area contributed by atoms with E-state index in [1.165, 1.54) is 29.5 Å². The van der Waals surface area contributed by atoms with Crippen LogP contribution in [-0.4, -0.2) is 38.4 Å². The summed E-state index contributed by atoms with van der Waals surface area (Å²) in [5.41, 5.74) is 4.80. The number of nitrogens with zero attached hydrogens (tertiary/aromatic N) is 1. The lowest BCUT2D eigenvalue weighted by Crippen LogP contribution is -2.23. The number of ether oxygens (including phenoxy) is 2. The summed E-state index contributed by atoms with van der Waals surface area (Å²) in [5.74, 6) is 0.864. The summed E-state index contributed by atoms with van der Waals surface area (Å²) in [6.45, 7) is 3.53. The van der Waals surface area contributed by atoms with Gasteiger partial charge in [0.15, 0.2) is 6.79 Å². The van der Waals surface area contributed by atoms with Gasteiger partial charge in [0.1, 0.15) is 5.75 Å². The van der Waals surface area contributed by atoms with E-state index in [4.69, 9.17) is 9.47 Å². The van der Waals surface area contributed by atoms with E-state index in [-0.39, 0.29) is 6.79 Å². The van der Waals surface area contributed by atoms with Gasteiger partial charge in [0.2, 0.25) is 0 Å². The third kappa shape index (κ3) is 4.30. The first kappa shape index (κ1) is 17.7. The summed E-state index contributed by atoms with van der Waals surface area (Å²) in [6, 6.07) is 17.4. The zero-order valence-electron chi connectivity index (χ0n) is 15.4. The molecule has 2 aromatic rings. The zero-order valence-corrected chi connectivity index (χ0v) is 15.4. The molecule has 1 aliphatic heterocycles. The van der Waals surface area contributed by atoms with Crippen LogP contribution in [0.2, 0.25) is 0 Å². The first-order valence-electron chi connectivity index (χ1n) is 8.89. The fourth-order valence-electron chi connectivity index (χ4n) is 3.40. The van der Waals surface area contributed by atoms with Crippen LogP contribution < -0.4 is 4.74 Å². The third-order valence-corrected chi connectivity index (χ3v) is 4.78. The van der Waals surface area contributed by atoms with E-state index in [2.05, 4.69) is 67.4 Å². The van der Waals surface area contributed by atoms with E-state index in [9.17, 15) is 0 Å². The second kappa shape index (κ2) is 8.32. The van der Waals surface area contributed by atoms with Gasteiger partial charge in [-0.05, 0) is 56.6 Å². The zero-order chi connectivity index (χ0) is 17.6. The molecule has 0 amide bonds. The number of benzene rings is 2. The van der Waals surface area contributed by atoms with Crippen LogP contribution in [0.3, 0.4) is 0 Å². The summed E-state index contributed by atoms with van der Waals surface area (Å²) < 4.78 is 11.0. The Morgan fingerprint density at radius 1 is 1.20 bits per heavy atom. The molecule has 3 heteroatoms. The molecular weight excluding hydrogens is 310 g/mol. The normalized spacial score (nSPS) is 18.5. The number of likely N-dealkylation sites (N-methyl/N-ethyl adjacent to an activating group) is 1. The van der Waals surface area contributed by atoms with Crippen LogP contribution in [0.1, 0.15) is 29.5 Å². The molecule has 1 heterocycles. The fourth-order valence-corrected chi connectivity index (χ4v) is 3.40. The highest BCUT2D eigenvalue weighted by atomic mass is 16.7. The van der Waals surface area contributed by atoms with E-state index in [0.29, 0.717) is 6.04 Å². The predicted octanol–water partition coefficient (Wildman–Crippen LogP) is 4.50. The topological polar surface area (TPSA) is 21.7 Å². The van der Waals surface area contributed by atoms with Crippen molar-refractivity contribution in [3.63, 3.8) is 0 Å². The van der Waals surface area contributed by atoms with Gasteiger partial charge in [-0.1, -0.05) is 48.0 Å². The summed E-state index contributed by atoms with van der Waals surface area (Å²) in [5, 5.41) is 0. The average molecular weight is 337 g/mol. The maximum Gasteiger partial charge on any atom is 0.188 e. The van der Waals surface area contributed by atoms with Crippen molar-refractivity contribution in [3.05, 3.63) is 71.3 Å². The van der Waals surface area contributed by atoms with Crippen LogP contribution in [0.25, 0.3) is 5.57 Å². The molecule has 0 aliphatic carbocycles. The van der Waals surface area contributed by atoms with Crippen molar-refractivity contribution in [2.45, 2.75) is 25.8 Å². The highest BCUT2D eigenvalue weighted by Crippen LogP contribution is 2.34. The van der Waals surface area contributed by atoms with E-state index in [1.807, 2.05) is 6.07 Å². The first-order valence-corrected chi connectivity index (χ1v) is 8.89. The first-order chi connectivity index (χ1) is 12.2. The molecule has 0 spiro atoms. The molecule has 2 aromatic carbocycles. The summed E-state index contributed by atoms with van der Waals surface area (Å²) in [4.78, 5) is 2.43. The van der Waals surface area contributed by atoms with E-state index < -0.39 is 0 Å². The summed E-state index contributed by atoms with van der Waals surface area (Å²) in [6.07, 6.45) is 4.85. The lowest BCUT2D eigenvalue weighted by Gasteiger charge is -2.20. The van der Waals surface area contributed by atoms with Crippen LogP contribution in [0, 0.1) is 6.92 Å². The molecule has 0 radical (unpaired) electrons. The van der Waals surface area contributed by atoms with Gasteiger partial charge in [-0.2, -0.15) is 0 Å². The minimum Gasteiger partial charge on any atom is -0.467 e. The number of hydrogen-bond acceptors (Lipinski definition) is 3. The quantitative estimate of drug-likeness (QED) is 0.724. The Labute approximate surface area is 150 Å².